The molecule has 0 radical (unpaired) electrons. The zero-order valence-electron chi connectivity index (χ0n) is 13.5. The maximum atomic E-state index is 13.8. The fourth-order valence-electron chi connectivity index (χ4n) is 2.10. The third kappa shape index (κ3) is 4.20. The summed E-state index contributed by atoms with van der Waals surface area (Å²) >= 11 is 6.80. The highest BCUT2D eigenvalue weighted by Gasteiger charge is 2.18. The summed E-state index contributed by atoms with van der Waals surface area (Å²) in [5.41, 5.74) is 0.681. The van der Waals surface area contributed by atoms with Crippen molar-refractivity contribution in [2.24, 2.45) is 0 Å². The lowest BCUT2D eigenvalue weighted by Crippen LogP contribution is -2.22. The highest BCUT2D eigenvalue weighted by molar-refractivity contribution is 8.00. The third-order valence-electron chi connectivity index (χ3n) is 3.43. The first-order valence-corrected chi connectivity index (χ1v) is 8.79. The molecule has 5 nitrogen and oxygen atoms in total. The molecular weight excluding hydrogens is 382 g/mol. The number of amides is 1. The van der Waals surface area contributed by atoms with E-state index in [1.54, 1.807) is 25.1 Å². The van der Waals surface area contributed by atoms with Gasteiger partial charge in [-0.3, -0.25) is 9.89 Å². The SMILES string of the molecule is C[C@@H](Sc1n[nH]c(-c2ccccc2F)n1)C(=O)Nc1ccc(F)c(Cl)c1. The largest absolute Gasteiger partial charge is 0.325 e. The third-order valence-corrected chi connectivity index (χ3v) is 4.68. The van der Waals surface area contributed by atoms with E-state index >= 15 is 0 Å². The summed E-state index contributed by atoms with van der Waals surface area (Å²) in [7, 11) is 0. The minimum absolute atomic E-state index is 0.0772. The lowest BCUT2D eigenvalue weighted by molar-refractivity contribution is -0.115. The second kappa shape index (κ2) is 7.84. The highest BCUT2D eigenvalue weighted by atomic mass is 35.5. The van der Waals surface area contributed by atoms with E-state index < -0.39 is 16.9 Å². The van der Waals surface area contributed by atoms with Gasteiger partial charge < -0.3 is 5.32 Å². The molecule has 0 bridgehead atoms. The number of halogens is 3. The number of H-pyrrole nitrogens is 1. The second-order valence-electron chi connectivity index (χ2n) is 5.32. The van der Waals surface area contributed by atoms with Crippen molar-refractivity contribution in [1.82, 2.24) is 15.2 Å². The van der Waals surface area contributed by atoms with Gasteiger partial charge in [0.25, 0.3) is 0 Å². The molecule has 9 heteroatoms. The number of aromatic nitrogens is 3. The summed E-state index contributed by atoms with van der Waals surface area (Å²) in [6.45, 7) is 1.67. The smallest absolute Gasteiger partial charge is 0.237 e. The van der Waals surface area contributed by atoms with Crippen LogP contribution in [0.3, 0.4) is 0 Å². The predicted octanol–water partition coefficient (Wildman–Crippen LogP) is 4.52. The Kier molecular flexibility index (Phi) is 5.53. The Morgan fingerprint density at radius 2 is 2.00 bits per heavy atom. The molecular formula is C17H13ClF2N4OS. The van der Waals surface area contributed by atoms with Crippen LogP contribution in [0.1, 0.15) is 6.92 Å². The van der Waals surface area contributed by atoms with Gasteiger partial charge in [0.15, 0.2) is 5.82 Å². The Morgan fingerprint density at radius 3 is 2.73 bits per heavy atom. The van der Waals surface area contributed by atoms with Crippen LogP contribution in [0.4, 0.5) is 14.5 Å². The number of benzene rings is 2. The van der Waals surface area contributed by atoms with Gasteiger partial charge in [0.05, 0.1) is 15.8 Å². The molecule has 1 amide bonds. The van der Waals surface area contributed by atoms with Gasteiger partial charge in [-0.25, -0.2) is 13.8 Å². The highest BCUT2D eigenvalue weighted by Crippen LogP contribution is 2.25. The maximum Gasteiger partial charge on any atom is 0.237 e. The molecule has 2 aromatic carbocycles. The van der Waals surface area contributed by atoms with E-state index in [0.717, 1.165) is 11.8 Å². The van der Waals surface area contributed by atoms with Gasteiger partial charge in [-0.1, -0.05) is 35.5 Å². The van der Waals surface area contributed by atoms with Crippen molar-refractivity contribution in [1.29, 1.82) is 0 Å². The van der Waals surface area contributed by atoms with E-state index in [4.69, 9.17) is 11.6 Å². The summed E-state index contributed by atoms with van der Waals surface area (Å²) in [4.78, 5) is 16.5. The van der Waals surface area contributed by atoms with E-state index in [1.807, 2.05) is 0 Å². The van der Waals surface area contributed by atoms with Crippen LogP contribution < -0.4 is 5.32 Å². The number of nitrogens with zero attached hydrogens (tertiary/aromatic N) is 2. The van der Waals surface area contributed by atoms with Crippen molar-refractivity contribution in [3.63, 3.8) is 0 Å². The fraction of sp³-hybridized carbons (Fsp3) is 0.118. The van der Waals surface area contributed by atoms with Crippen molar-refractivity contribution in [2.75, 3.05) is 5.32 Å². The molecule has 0 fully saturated rings. The van der Waals surface area contributed by atoms with Gasteiger partial charge in [-0.15, -0.1) is 5.10 Å². The molecule has 3 aromatic rings. The van der Waals surface area contributed by atoms with Crippen LogP contribution in [-0.4, -0.2) is 26.3 Å². The first-order valence-electron chi connectivity index (χ1n) is 7.54. The summed E-state index contributed by atoms with van der Waals surface area (Å²) in [5, 5.41) is 8.99. The van der Waals surface area contributed by atoms with Gasteiger partial charge in [0, 0.05) is 5.69 Å². The average molecular weight is 395 g/mol. The Bertz CT molecular complexity index is 950. The minimum Gasteiger partial charge on any atom is -0.325 e. The molecule has 1 atom stereocenters. The van der Waals surface area contributed by atoms with E-state index in [1.165, 1.54) is 24.3 Å². The number of thioether (sulfide) groups is 1. The molecule has 0 aliphatic rings. The number of aromatic amines is 1. The molecule has 0 aliphatic carbocycles. The Labute approximate surface area is 157 Å². The minimum atomic E-state index is -0.562. The lowest BCUT2D eigenvalue weighted by Gasteiger charge is -2.10. The standard InChI is InChI=1S/C17H13ClF2N4OS/c1-9(16(25)21-10-6-7-14(20)12(18)8-10)26-17-22-15(23-24-17)11-4-2-3-5-13(11)19/h2-9H,1H3,(H,21,25)(H,22,23,24)/t9-/m1/s1. The molecule has 1 heterocycles. The van der Waals surface area contributed by atoms with Gasteiger partial charge in [-0.05, 0) is 37.3 Å². The number of carbonyl (C=O) groups is 1. The van der Waals surface area contributed by atoms with Crippen LogP contribution >= 0.6 is 23.4 Å². The summed E-state index contributed by atoms with van der Waals surface area (Å²) < 4.78 is 26.9. The van der Waals surface area contributed by atoms with Crippen molar-refractivity contribution < 1.29 is 13.6 Å². The Morgan fingerprint density at radius 1 is 1.23 bits per heavy atom. The quantitative estimate of drug-likeness (QED) is 0.624. The Balaban J connectivity index is 1.66. The van der Waals surface area contributed by atoms with Crippen LogP contribution in [0.5, 0.6) is 0 Å². The monoisotopic (exact) mass is 394 g/mol. The van der Waals surface area contributed by atoms with Crippen molar-refractivity contribution >= 4 is 35.0 Å². The van der Waals surface area contributed by atoms with Crippen molar-refractivity contribution in [3.05, 3.63) is 59.1 Å². The van der Waals surface area contributed by atoms with Crippen LogP contribution in [-0.2, 0) is 4.79 Å². The second-order valence-corrected chi connectivity index (χ2v) is 7.04. The lowest BCUT2D eigenvalue weighted by atomic mass is 10.2. The van der Waals surface area contributed by atoms with Gasteiger partial charge in [0.2, 0.25) is 11.1 Å². The van der Waals surface area contributed by atoms with Gasteiger partial charge >= 0.3 is 0 Å². The number of anilines is 1. The van der Waals surface area contributed by atoms with E-state index in [2.05, 4.69) is 20.5 Å². The Hall–Kier alpha value is -2.45. The molecule has 0 aliphatic heterocycles. The molecule has 26 heavy (non-hydrogen) atoms. The molecule has 134 valence electrons. The van der Waals surface area contributed by atoms with E-state index in [-0.39, 0.29) is 16.8 Å². The molecule has 0 unspecified atom stereocenters. The number of nitrogens with one attached hydrogen (secondary N) is 2. The first kappa shape index (κ1) is 18.3. The molecule has 0 saturated carbocycles. The summed E-state index contributed by atoms with van der Waals surface area (Å²) in [5.74, 6) is -1.02. The van der Waals surface area contributed by atoms with Crippen LogP contribution in [0.2, 0.25) is 5.02 Å². The van der Waals surface area contributed by atoms with E-state index in [9.17, 15) is 13.6 Å². The first-order chi connectivity index (χ1) is 12.4. The zero-order chi connectivity index (χ0) is 18.7. The summed E-state index contributed by atoms with van der Waals surface area (Å²) in [6, 6.07) is 10.1. The molecule has 3 rings (SSSR count). The van der Waals surface area contributed by atoms with Crippen LogP contribution in [0.25, 0.3) is 11.4 Å². The van der Waals surface area contributed by atoms with E-state index in [0.29, 0.717) is 16.4 Å². The number of hydrogen-bond donors (Lipinski definition) is 2. The normalized spacial score (nSPS) is 12.0. The molecule has 0 spiro atoms. The van der Waals surface area contributed by atoms with Crippen LogP contribution in [0.15, 0.2) is 47.6 Å². The summed E-state index contributed by atoms with van der Waals surface area (Å²) in [6.07, 6.45) is 0. The number of rotatable bonds is 5. The molecule has 0 saturated heterocycles. The van der Waals surface area contributed by atoms with Gasteiger partial charge in [0.1, 0.15) is 11.6 Å². The van der Waals surface area contributed by atoms with Gasteiger partial charge in [-0.2, -0.15) is 0 Å². The fourth-order valence-corrected chi connectivity index (χ4v) is 3.01. The average Bonchev–Trinajstić information content (AvgIpc) is 3.06. The number of carbonyl (C=O) groups excluding carboxylic acids is 1. The predicted molar refractivity (Wildman–Crippen MR) is 97.1 cm³/mol. The van der Waals surface area contributed by atoms with Crippen molar-refractivity contribution in [2.45, 2.75) is 17.3 Å². The maximum absolute atomic E-state index is 13.8. The molecule has 2 N–H and O–H groups in total. The zero-order valence-corrected chi connectivity index (χ0v) is 15.0. The number of hydrogen-bond acceptors (Lipinski definition) is 4. The topological polar surface area (TPSA) is 70.7 Å². The van der Waals surface area contributed by atoms with Crippen LogP contribution in [0, 0.1) is 11.6 Å². The molecule has 1 aromatic heterocycles. The van der Waals surface area contributed by atoms with Crippen molar-refractivity contribution in [3.8, 4) is 11.4 Å².